The third-order valence-corrected chi connectivity index (χ3v) is 4.51. The highest BCUT2D eigenvalue weighted by molar-refractivity contribution is 5.98. The van der Waals surface area contributed by atoms with E-state index in [2.05, 4.69) is 28.2 Å². The number of hydrogen-bond acceptors (Lipinski definition) is 4. The van der Waals surface area contributed by atoms with Crippen LogP contribution >= 0.6 is 0 Å². The zero-order chi connectivity index (χ0) is 21.9. The molecule has 4 N–H and O–H groups in total. The summed E-state index contributed by atoms with van der Waals surface area (Å²) in [5.74, 6) is -0.455. The minimum Gasteiger partial charge on any atom is -0.376 e. The highest BCUT2D eigenvalue weighted by Gasteiger charge is 2.09. The minimum atomic E-state index is -0.238. The molecule has 0 saturated heterocycles. The summed E-state index contributed by atoms with van der Waals surface area (Å²) in [6.07, 6.45) is 2.34. The largest absolute Gasteiger partial charge is 0.376 e. The van der Waals surface area contributed by atoms with Gasteiger partial charge >= 0.3 is 0 Å². The van der Waals surface area contributed by atoms with Gasteiger partial charge in [0.1, 0.15) is 0 Å². The first-order valence-electron chi connectivity index (χ1n) is 10.3. The van der Waals surface area contributed by atoms with Crippen molar-refractivity contribution in [3.63, 3.8) is 0 Å². The highest BCUT2D eigenvalue weighted by atomic mass is 16.2. The van der Waals surface area contributed by atoms with Gasteiger partial charge in [0.05, 0.1) is 6.54 Å². The summed E-state index contributed by atoms with van der Waals surface area (Å²) < 4.78 is 0. The molecule has 0 saturated carbocycles. The summed E-state index contributed by atoms with van der Waals surface area (Å²) in [6.45, 7) is 6.45. The van der Waals surface area contributed by atoms with E-state index in [9.17, 15) is 14.4 Å². The summed E-state index contributed by atoms with van der Waals surface area (Å²) >= 11 is 0. The van der Waals surface area contributed by atoms with Crippen molar-refractivity contribution in [3.05, 3.63) is 53.6 Å². The molecule has 0 radical (unpaired) electrons. The Morgan fingerprint density at radius 3 is 2.43 bits per heavy atom. The second-order valence-electron chi connectivity index (χ2n) is 7.02. The van der Waals surface area contributed by atoms with E-state index in [1.54, 1.807) is 37.3 Å². The van der Waals surface area contributed by atoms with Crippen molar-refractivity contribution in [1.29, 1.82) is 0 Å². The van der Waals surface area contributed by atoms with Gasteiger partial charge in [-0.2, -0.15) is 0 Å². The molecule has 0 spiro atoms. The predicted molar refractivity (Wildman–Crippen MR) is 121 cm³/mol. The Kier molecular flexibility index (Phi) is 8.87. The molecule has 7 heteroatoms. The first-order valence-corrected chi connectivity index (χ1v) is 10.3. The van der Waals surface area contributed by atoms with Crippen LogP contribution in [0.15, 0.2) is 42.5 Å². The average Bonchev–Trinajstić information content (AvgIpc) is 2.74. The lowest BCUT2D eigenvalue weighted by atomic mass is 10.1. The molecule has 0 fully saturated rings. The molecule has 160 valence electrons. The molecule has 0 aliphatic carbocycles. The molecule has 7 nitrogen and oxygen atoms in total. The molecular formula is C23H30N4O3. The number of hydrogen-bond donors (Lipinski definition) is 4. The molecule has 0 atom stereocenters. The van der Waals surface area contributed by atoms with Crippen molar-refractivity contribution in [2.45, 2.75) is 40.0 Å². The van der Waals surface area contributed by atoms with Crippen LogP contribution in [-0.2, 0) is 9.59 Å². The molecule has 0 bridgehead atoms. The maximum atomic E-state index is 12.3. The fourth-order valence-electron chi connectivity index (χ4n) is 2.71. The Morgan fingerprint density at radius 1 is 0.900 bits per heavy atom. The van der Waals surface area contributed by atoms with Crippen LogP contribution in [0.4, 0.5) is 17.1 Å². The standard InChI is InChI=1S/C23H30N4O3/c1-4-6-12-24-23(30)17-8-7-9-19(13-17)26-22(29)15-25-18-11-10-16(3)20(14-18)27-21(28)5-2/h7-11,13-14,25H,4-6,12,15H2,1-3H3,(H,24,30)(H,26,29)(H,27,28). The smallest absolute Gasteiger partial charge is 0.251 e. The number of aryl methyl sites for hydroxylation is 1. The number of unbranched alkanes of at least 4 members (excludes halogenated alkanes) is 1. The summed E-state index contributed by atoms with van der Waals surface area (Å²) in [5.41, 5.74) is 3.46. The first-order chi connectivity index (χ1) is 14.4. The number of carbonyl (C=O) groups excluding carboxylic acids is 3. The normalized spacial score (nSPS) is 10.2. The number of amides is 3. The van der Waals surface area contributed by atoms with Crippen LogP contribution < -0.4 is 21.3 Å². The Labute approximate surface area is 177 Å². The summed E-state index contributed by atoms with van der Waals surface area (Å²) in [7, 11) is 0. The van der Waals surface area contributed by atoms with Crippen molar-refractivity contribution in [3.8, 4) is 0 Å². The van der Waals surface area contributed by atoms with E-state index >= 15 is 0 Å². The third-order valence-electron chi connectivity index (χ3n) is 4.51. The Balaban J connectivity index is 1.92. The summed E-state index contributed by atoms with van der Waals surface area (Å²) in [5, 5.41) is 11.5. The van der Waals surface area contributed by atoms with E-state index in [1.165, 1.54) is 0 Å². The predicted octanol–water partition coefficient (Wildman–Crippen LogP) is 3.92. The van der Waals surface area contributed by atoms with E-state index in [0.717, 1.165) is 24.1 Å². The molecular weight excluding hydrogens is 380 g/mol. The van der Waals surface area contributed by atoms with E-state index in [4.69, 9.17) is 0 Å². The lowest BCUT2D eigenvalue weighted by Gasteiger charge is -2.12. The number of anilines is 3. The maximum Gasteiger partial charge on any atom is 0.251 e. The fourth-order valence-corrected chi connectivity index (χ4v) is 2.71. The molecule has 30 heavy (non-hydrogen) atoms. The Morgan fingerprint density at radius 2 is 1.70 bits per heavy atom. The topological polar surface area (TPSA) is 99.3 Å². The first kappa shape index (κ1) is 22.9. The molecule has 0 unspecified atom stereocenters. The maximum absolute atomic E-state index is 12.3. The van der Waals surface area contributed by atoms with Gasteiger partial charge in [0.25, 0.3) is 5.91 Å². The van der Waals surface area contributed by atoms with Crippen molar-refractivity contribution in [2.24, 2.45) is 0 Å². The second kappa shape index (κ2) is 11.6. The molecule has 0 aliphatic rings. The highest BCUT2D eigenvalue weighted by Crippen LogP contribution is 2.20. The summed E-state index contributed by atoms with van der Waals surface area (Å²) in [6, 6.07) is 12.4. The molecule has 2 rings (SSSR count). The van der Waals surface area contributed by atoms with Crippen LogP contribution in [0.2, 0.25) is 0 Å². The number of carbonyl (C=O) groups is 3. The number of benzene rings is 2. The van der Waals surface area contributed by atoms with E-state index in [-0.39, 0.29) is 24.3 Å². The van der Waals surface area contributed by atoms with E-state index in [0.29, 0.717) is 29.9 Å². The molecule has 2 aromatic rings. The summed E-state index contributed by atoms with van der Waals surface area (Å²) in [4.78, 5) is 36.1. The van der Waals surface area contributed by atoms with Crippen LogP contribution in [0.1, 0.15) is 49.0 Å². The van der Waals surface area contributed by atoms with Gasteiger partial charge in [-0.1, -0.05) is 32.4 Å². The zero-order valence-electron chi connectivity index (χ0n) is 17.8. The zero-order valence-corrected chi connectivity index (χ0v) is 17.8. The quantitative estimate of drug-likeness (QED) is 0.446. The van der Waals surface area contributed by atoms with E-state index < -0.39 is 0 Å². The Bertz CT molecular complexity index is 896. The van der Waals surface area contributed by atoms with Gasteiger partial charge in [-0.05, 0) is 49.2 Å². The van der Waals surface area contributed by atoms with Crippen molar-refractivity contribution in [1.82, 2.24) is 5.32 Å². The van der Waals surface area contributed by atoms with Crippen LogP contribution in [0, 0.1) is 6.92 Å². The third kappa shape index (κ3) is 7.24. The van der Waals surface area contributed by atoms with Crippen LogP contribution in [0.5, 0.6) is 0 Å². The van der Waals surface area contributed by atoms with E-state index in [1.807, 2.05) is 19.1 Å². The average molecular weight is 411 g/mol. The SMILES string of the molecule is CCCCNC(=O)c1cccc(NC(=O)CNc2ccc(C)c(NC(=O)CC)c2)c1. The van der Waals surface area contributed by atoms with Crippen molar-refractivity contribution < 1.29 is 14.4 Å². The molecule has 0 aromatic heterocycles. The Hall–Kier alpha value is -3.35. The molecule has 3 amide bonds. The lowest BCUT2D eigenvalue weighted by molar-refractivity contribution is -0.116. The van der Waals surface area contributed by atoms with Gasteiger partial charge in [0, 0.05) is 35.6 Å². The number of nitrogens with one attached hydrogen (secondary N) is 4. The van der Waals surface area contributed by atoms with Gasteiger partial charge in [-0.25, -0.2) is 0 Å². The second-order valence-corrected chi connectivity index (χ2v) is 7.02. The van der Waals surface area contributed by atoms with Crippen LogP contribution in [0.25, 0.3) is 0 Å². The molecule has 0 heterocycles. The van der Waals surface area contributed by atoms with Crippen molar-refractivity contribution >= 4 is 34.8 Å². The number of rotatable bonds is 10. The van der Waals surface area contributed by atoms with Gasteiger partial charge in [0.2, 0.25) is 11.8 Å². The van der Waals surface area contributed by atoms with Gasteiger partial charge in [0.15, 0.2) is 0 Å². The monoisotopic (exact) mass is 410 g/mol. The van der Waals surface area contributed by atoms with Gasteiger partial charge in [-0.3, -0.25) is 14.4 Å². The van der Waals surface area contributed by atoms with Crippen LogP contribution in [-0.4, -0.2) is 30.8 Å². The van der Waals surface area contributed by atoms with Gasteiger partial charge in [-0.15, -0.1) is 0 Å². The van der Waals surface area contributed by atoms with Gasteiger partial charge < -0.3 is 21.3 Å². The molecule has 2 aromatic carbocycles. The minimum absolute atomic E-state index is 0.0527. The fraction of sp³-hybridized carbons (Fsp3) is 0.348. The lowest BCUT2D eigenvalue weighted by Crippen LogP contribution is -2.25. The van der Waals surface area contributed by atoms with Crippen molar-refractivity contribution in [2.75, 3.05) is 29.0 Å². The molecule has 0 aliphatic heterocycles. The van der Waals surface area contributed by atoms with Crippen LogP contribution in [0.3, 0.4) is 0 Å².